The molecule has 6 heteroatoms. The molecule has 0 unspecified atom stereocenters. The highest BCUT2D eigenvalue weighted by Gasteiger charge is 2.16. The summed E-state index contributed by atoms with van der Waals surface area (Å²) < 4.78 is 28.9. The van der Waals surface area contributed by atoms with Gasteiger partial charge in [-0.25, -0.2) is 8.42 Å². The van der Waals surface area contributed by atoms with Crippen LogP contribution in [-0.2, 0) is 21.3 Å². The fraction of sp³-hybridized carbons (Fsp3) is 0.214. The van der Waals surface area contributed by atoms with E-state index >= 15 is 0 Å². The van der Waals surface area contributed by atoms with Crippen LogP contribution in [0.25, 0.3) is 0 Å². The van der Waals surface area contributed by atoms with E-state index in [2.05, 4.69) is 0 Å². The second-order valence-corrected chi connectivity index (χ2v) is 6.64. The van der Waals surface area contributed by atoms with E-state index in [1.807, 2.05) is 19.1 Å². The second-order valence-electron chi connectivity index (χ2n) is 4.57. The number of carboxylic acid groups (broad SMARTS) is 1. The maximum Gasteiger partial charge on any atom is 0.161 e. The maximum atomic E-state index is 12.0. The van der Waals surface area contributed by atoms with Crippen LogP contribution in [0.5, 0.6) is 0 Å². The van der Waals surface area contributed by atoms with E-state index in [1.165, 1.54) is 12.1 Å². The van der Waals surface area contributed by atoms with Gasteiger partial charge in [-0.2, -0.15) is 0 Å². The average molecular weight is 293 g/mol. The Morgan fingerprint density at radius 1 is 1.10 bits per heavy atom. The lowest BCUT2D eigenvalue weighted by Gasteiger charge is -2.03. The summed E-state index contributed by atoms with van der Waals surface area (Å²) in [6.45, 7) is 1.92. The number of sulfone groups is 1. The van der Waals surface area contributed by atoms with Gasteiger partial charge in [0.15, 0.2) is 9.84 Å². The van der Waals surface area contributed by atoms with Crippen LogP contribution in [0.4, 0.5) is 0 Å². The highest BCUT2D eigenvalue weighted by molar-refractivity contribution is 7.89. The zero-order chi connectivity index (χ0) is 14.8. The van der Waals surface area contributed by atoms with Gasteiger partial charge in [-0.05, 0) is 24.6 Å². The minimum atomic E-state index is -3.42. The first-order valence-corrected chi connectivity index (χ1v) is 7.74. The van der Waals surface area contributed by atoms with Gasteiger partial charge in [-0.15, -0.1) is 0 Å². The average Bonchev–Trinajstić information content (AvgIpc) is 2.79. The van der Waals surface area contributed by atoms with Crippen molar-refractivity contribution < 1.29 is 22.7 Å². The molecule has 0 atom stereocenters. The molecule has 0 amide bonds. The molecule has 1 aromatic carbocycles. The lowest BCUT2D eigenvalue weighted by Crippen LogP contribution is -2.21. The number of aryl methyl sites for hydroxylation is 1. The number of carboxylic acids is 1. The van der Waals surface area contributed by atoms with E-state index in [0.717, 1.165) is 5.56 Å². The van der Waals surface area contributed by atoms with E-state index in [1.54, 1.807) is 12.1 Å². The molecular weight excluding hydrogens is 280 g/mol. The number of furan rings is 1. The van der Waals surface area contributed by atoms with Crippen LogP contribution in [0.1, 0.15) is 27.4 Å². The monoisotopic (exact) mass is 293 g/mol. The largest absolute Gasteiger partial charge is 0.542 e. The minimum absolute atomic E-state index is 0.0938. The summed E-state index contributed by atoms with van der Waals surface area (Å²) in [5.41, 5.74) is 1.73. The fourth-order valence-corrected chi connectivity index (χ4v) is 3.16. The number of carbonyl (C=O) groups is 1. The molecular formula is C14H13O5S-. The molecule has 0 radical (unpaired) electrons. The SMILES string of the molecule is Cc1ccc(CS(=O)(=O)Cc2ccc(C(=O)[O-])o2)cc1. The summed E-state index contributed by atoms with van der Waals surface area (Å²) in [6.07, 6.45) is 0. The van der Waals surface area contributed by atoms with Crippen LogP contribution in [0.3, 0.4) is 0 Å². The Labute approximate surface area is 116 Å². The summed E-state index contributed by atoms with van der Waals surface area (Å²) in [7, 11) is -3.42. The van der Waals surface area contributed by atoms with Crippen molar-refractivity contribution in [2.45, 2.75) is 18.4 Å². The molecule has 0 saturated heterocycles. The quantitative estimate of drug-likeness (QED) is 0.822. The Morgan fingerprint density at radius 2 is 1.75 bits per heavy atom. The molecule has 0 aliphatic heterocycles. The Balaban J connectivity index is 2.10. The predicted octanol–water partition coefficient (Wildman–Crippen LogP) is 1.07. The van der Waals surface area contributed by atoms with E-state index < -0.39 is 15.8 Å². The lowest BCUT2D eigenvalue weighted by atomic mass is 10.2. The molecule has 0 bridgehead atoms. The van der Waals surface area contributed by atoms with E-state index in [4.69, 9.17) is 4.42 Å². The van der Waals surface area contributed by atoms with Crippen molar-refractivity contribution in [2.24, 2.45) is 0 Å². The summed E-state index contributed by atoms with van der Waals surface area (Å²) in [5, 5.41) is 10.5. The predicted molar refractivity (Wildman–Crippen MR) is 70.5 cm³/mol. The molecule has 1 heterocycles. The normalized spacial score (nSPS) is 11.4. The first kappa shape index (κ1) is 14.3. The topological polar surface area (TPSA) is 87.4 Å². The number of carbonyl (C=O) groups excluding carboxylic acids is 1. The molecule has 106 valence electrons. The highest BCUT2D eigenvalue weighted by atomic mass is 32.2. The Bertz CT molecular complexity index is 710. The molecule has 0 spiro atoms. The maximum absolute atomic E-state index is 12.0. The molecule has 0 aliphatic carbocycles. The Hall–Kier alpha value is -2.08. The third kappa shape index (κ3) is 3.71. The van der Waals surface area contributed by atoms with Crippen LogP contribution in [0.2, 0.25) is 0 Å². The van der Waals surface area contributed by atoms with Crippen LogP contribution in [0, 0.1) is 6.92 Å². The van der Waals surface area contributed by atoms with Crippen molar-refractivity contribution in [1.82, 2.24) is 0 Å². The van der Waals surface area contributed by atoms with Crippen molar-refractivity contribution in [3.05, 3.63) is 59.0 Å². The molecule has 0 aliphatic rings. The smallest absolute Gasteiger partial charge is 0.161 e. The molecule has 20 heavy (non-hydrogen) atoms. The Morgan fingerprint density at radius 3 is 2.30 bits per heavy atom. The zero-order valence-corrected chi connectivity index (χ0v) is 11.6. The Kier molecular flexibility index (Phi) is 3.94. The van der Waals surface area contributed by atoms with Gasteiger partial charge < -0.3 is 14.3 Å². The van der Waals surface area contributed by atoms with Gasteiger partial charge in [0.1, 0.15) is 23.2 Å². The van der Waals surface area contributed by atoms with Crippen LogP contribution in [-0.4, -0.2) is 14.4 Å². The number of rotatable bonds is 5. The van der Waals surface area contributed by atoms with Gasteiger partial charge in [-0.3, -0.25) is 0 Å². The first-order valence-electron chi connectivity index (χ1n) is 5.92. The molecule has 1 aromatic heterocycles. The van der Waals surface area contributed by atoms with Gasteiger partial charge in [-0.1, -0.05) is 29.8 Å². The first-order chi connectivity index (χ1) is 9.35. The van der Waals surface area contributed by atoms with Crippen molar-refractivity contribution in [3.8, 4) is 0 Å². The van der Waals surface area contributed by atoms with Crippen molar-refractivity contribution in [3.63, 3.8) is 0 Å². The van der Waals surface area contributed by atoms with E-state index in [0.29, 0.717) is 5.56 Å². The van der Waals surface area contributed by atoms with Crippen LogP contribution in [0.15, 0.2) is 40.8 Å². The summed E-state index contributed by atoms with van der Waals surface area (Å²) in [6, 6.07) is 9.70. The third-order valence-corrected chi connectivity index (χ3v) is 4.23. The summed E-state index contributed by atoms with van der Waals surface area (Å²) >= 11 is 0. The molecule has 2 rings (SSSR count). The molecule has 0 saturated carbocycles. The van der Waals surface area contributed by atoms with Crippen LogP contribution >= 0.6 is 0 Å². The molecule has 5 nitrogen and oxygen atoms in total. The van der Waals surface area contributed by atoms with Crippen molar-refractivity contribution in [1.29, 1.82) is 0 Å². The third-order valence-electron chi connectivity index (χ3n) is 2.73. The molecule has 0 N–H and O–H groups in total. The zero-order valence-electron chi connectivity index (χ0n) is 10.8. The fourth-order valence-electron chi connectivity index (χ4n) is 1.77. The molecule has 0 fully saturated rings. The number of hydrogen-bond donors (Lipinski definition) is 0. The summed E-state index contributed by atoms with van der Waals surface area (Å²) in [4.78, 5) is 10.5. The van der Waals surface area contributed by atoms with Gasteiger partial charge in [0.05, 0.1) is 5.75 Å². The van der Waals surface area contributed by atoms with Crippen LogP contribution < -0.4 is 5.11 Å². The van der Waals surface area contributed by atoms with Gasteiger partial charge in [0.2, 0.25) is 0 Å². The van der Waals surface area contributed by atoms with Crippen molar-refractivity contribution >= 4 is 15.8 Å². The van der Waals surface area contributed by atoms with Gasteiger partial charge in [0.25, 0.3) is 0 Å². The van der Waals surface area contributed by atoms with E-state index in [9.17, 15) is 18.3 Å². The standard InChI is InChI=1S/C14H14O5S/c1-10-2-4-11(5-3-10)8-20(17,18)9-12-6-7-13(19-12)14(15)16/h2-7H,8-9H2,1H3,(H,15,16)/p-1. The summed E-state index contributed by atoms with van der Waals surface area (Å²) in [5.74, 6) is -2.20. The van der Waals surface area contributed by atoms with Crippen molar-refractivity contribution in [2.75, 3.05) is 0 Å². The second kappa shape index (κ2) is 5.50. The lowest BCUT2D eigenvalue weighted by molar-refractivity contribution is -0.257. The van der Waals surface area contributed by atoms with Gasteiger partial charge >= 0.3 is 0 Å². The van der Waals surface area contributed by atoms with Gasteiger partial charge in [0, 0.05) is 0 Å². The number of benzene rings is 1. The number of aromatic carboxylic acids is 1. The highest BCUT2D eigenvalue weighted by Crippen LogP contribution is 2.15. The number of hydrogen-bond acceptors (Lipinski definition) is 5. The van der Waals surface area contributed by atoms with E-state index in [-0.39, 0.29) is 23.0 Å². The minimum Gasteiger partial charge on any atom is -0.542 e. The molecule has 2 aromatic rings.